The maximum absolute atomic E-state index is 4.01. The molecule has 1 aromatic heterocycles. The fraction of sp³-hybridized carbons (Fsp3) is 0.111. The second-order valence-electron chi connectivity index (χ2n) is 10.7. The second kappa shape index (κ2) is 8.44. The van der Waals surface area contributed by atoms with Gasteiger partial charge in [0.1, 0.15) is 0 Å². The van der Waals surface area contributed by atoms with Crippen molar-refractivity contribution < 1.29 is 0 Å². The standard InChI is InChI=1S/C36H27NS/c1-22-10-12-23(13-11-22)20-27-21-26-15-14-24-6-2-4-8-28(24)33(26)34-32(37-27)19-18-31-30-17-16-25-7-3-5-9-29(25)35(30)38-36(31)34/h2-19,27,37H,20-21H2,1H3. The largest absolute Gasteiger partial charge is 0.381 e. The average molecular weight is 506 g/mol. The molecule has 1 N–H and O–H groups in total. The van der Waals surface area contributed by atoms with Crippen molar-refractivity contribution in [2.24, 2.45) is 0 Å². The predicted molar refractivity (Wildman–Crippen MR) is 166 cm³/mol. The quantitative estimate of drug-likeness (QED) is 0.246. The van der Waals surface area contributed by atoms with Gasteiger partial charge in [-0.25, -0.2) is 0 Å². The van der Waals surface area contributed by atoms with Gasteiger partial charge in [-0.15, -0.1) is 11.3 Å². The summed E-state index contributed by atoms with van der Waals surface area (Å²) in [5.74, 6) is 0. The summed E-state index contributed by atoms with van der Waals surface area (Å²) in [6.45, 7) is 2.16. The lowest BCUT2D eigenvalue weighted by molar-refractivity contribution is 0.716. The topological polar surface area (TPSA) is 12.0 Å². The van der Waals surface area contributed by atoms with Gasteiger partial charge in [0, 0.05) is 37.5 Å². The summed E-state index contributed by atoms with van der Waals surface area (Å²) in [5, 5.41) is 12.0. The van der Waals surface area contributed by atoms with E-state index in [1.165, 1.54) is 75.2 Å². The van der Waals surface area contributed by atoms with Crippen molar-refractivity contribution in [3.05, 3.63) is 126 Å². The first-order valence-corrected chi connectivity index (χ1v) is 14.2. The molecule has 8 rings (SSSR count). The van der Waals surface area contributed by atoms with Crippen LogP contribution in [0.1, 0.15) is 16.7 Å². The van der Waals surface area contributed by atoms with Gasteiger partial charge in [-0.05, 0) is 64.1 Å². The van der Waals surface area contributed by atoms with Crippen LogP contribution in [0, 0.1) is 6.92 Å². The average Bonchev–Trinajstić information content (AvgIpc) is 3.25. The van der Waals surface area contributed by atoms with Crippen LogP contribution in [-0.2, 0) is 12.8 Å². The van der Waals surface area contributed by atoms with Crippen molar-refractivity contribution in [1.29, 1.82) is 0 Å². The summed E-state index contributed by atoms with van der Waals surface area (Å²) < 4.78 is 2.77. The highest BCUT2D eigenvalue weighted by Crippen LogP contribution is 2.49. The van der Waals surface area contributed by atoms with Gasteiger partial charge in [-0.2, -0.15) is 0 Å². The van der Waals surface area contributed by atoms with Gasteiger partial charge < -0.3 is 5.32 Å². The molecule has 2 heterocycles. The number of aryl methyl sites for hydroxylation is 1. The molecule has 0 spiro atoms. The Balaban J connectivity index is 1.42. The van der Waals surface area contributed by atoms with Crippen LogP contribution in [0.4, 0.5) is 5.69 Å². The highest BCUT2D eigenvalue weighted by molar-refractivity contribution is 7.27. The van der Waals surface area contributed by atoms with E-state index in [-0.39, 0.29) is 0 Å². The SMILES string of the molecule is Cc1ccc(CC2Cc3ccc4ccccc4c3-c3c(ccc4c3sc3c5ccccc5ccc43)N2)cc1. The fourth-order valence-corrected chi connectivity index (χ4v) is 7.78. The summed E-state index contributed by atoms with van der Waals surface area (Å²) in [5.41, 5.74) is 8.14. The van der Waals surface area contributed by atoms with E-state index < -0.39 is 0 Å². The molecule has 7 aromatic rings. The van der Waals surface area contributed by atoms with E-state index in [2.05, 4.69) is 121 Å². The Morgan fingerprint density at radius 1 is 0.632 bits per heavy atom. The number of benzene rings is 6. The van der Waals surface area contributed by atoms with E-state index in [4.69, 9.17) is 0 Å². The highest BCUT2D eigenvalue weighted by atomic mass is 32.1. The van der Waals surface area contributed by atoms with Gasteiger partial charge in [0.15, 0.2) is 0 Å². The van der Waals surface area contributed by atoms with E-state index >= 15 is 0 Å². The molecular weight excluding hydrogens is 478 g/mol. The third kappa shape index (κ3) is 3.37. The van der Waals surface area contributed by atoms with E-state index in [1.807, 2.05) is 11.3 Å². The Kier molecular flexibility index (Phi) is 4.86. The van der Waals surface area contributed by atoms with Gasteiger partial charge >= 0.3 is 0 Å². The fourth-order valence-electron chi connectivity index (χ4n) is 6.39. The van der Waals surface area contributed by atoms with Crippen LogP contribution in [0.3, 0.4) is 0 Å². The molecule has 1 aliphatic heterocycles. The summed E-state index contributed by atoms with van der Waals surface area (Å²) in [4.78, 5) is 0. The summed E-state index contributed by atoms with van der Waals surface area (Å²) in [6, 6.07) is 41.0. The lowest BCUT2D eigenvalue weighted by Crippen LogP contribution is -2.24. The van der Waals surface area contributed by atoms with Crippen molar-refractivity contribution in [3.63, 3.8) is 0 Å². The van der Waals surface area contributed by atoms with Crippen LogP contribution in [0.25, 0.3) is 52.8 Å². The zero-order valence-electron chi connectivity index (χ0n) is 21.3. The van der Waals surface area contributed by atoms with Crippen molar-refractivity contribution in [2.75, 3.05) is 5.32 Å². The molecule has 6 aromatic carbocycles. The number of fused-ring (bicyclic) bond motifs is 11. The first-order chi connectivity index (χ1) is 18.7. The molecule has 0 saturated heterocycles. The lowest BCUT2D eigenvalue weighted by Gasteiger charge is -2.19. The van der Waals surface area contributed by atoms with E-state index in [9.17, 15) is 0 Å². The van der Waals surface area contributed by atoms with E-state index in [0.717, 1.165) is 12.8 Å². The third-order valence-electron chi connectivity index (χ3n) is 8.23. The van der Waals surface area contributed by atoms with Crippen LogP contribution in [0.2, 0.25) is 0 Å². The molecule has 38 heavy (non-hydrogen) atoms. The van der Waals surface area contributed by atoms with Crippen LogP contribution >= 0.6 is 11.3 Å². The number of nitrogens with one attached hydrogen (secondary N) is 1. The first kappa shape index (κ1) is 21.9. The summed E-state index contributed by atoms with van der Waals surface area (Å²) in [6.07, 6.45) is 2.00. The zero-order valence-corrected chi connectivity index (χ0v) is 22.1. The molecule has 0 bridgehead atoms. The molecule has 0 saturated carbocycles. The molecule has 1 atom stereocenters. The normalized spacial score (nSPS) is 14.9. The Morgan fingerprint density at radius 2 is 1.32 bits per heavy atom. The first-order valence-electron chi connectivity index (χ1n) is 13.4. The second-order valence-corrected chi connectivity index (χ2v) is 11.7. The predicted octanol–water partition coefficient (Wildman–Crippen LogP) is 9.92. The molecule has 182 valence electrons. The Bertz CT molecular complexity index is 2010. The zero-order chi connectivity index (χ0) is 25.2. The number of thiophene rings is 1. The van der Waals surface area contributed by atoms with Crippen LogP contribution < -0.4 is 5.32 Å². The minimum atomic E-state index is 0.325. The molecule has 0 radical (unpaired) electrons. The van der Waals surface area contributed by atoms with Gasteiger partial charge in [-0.1, -0.05) is 109 Å². The number of hydrogen-bond acceptors (Lipinski definition) is 2. The number of anilines is 1. The van der Waals surface area contributed by atoms with Crippen LogP contribution in [0.5, 0.6) is 0 Å². The Hall–Kier alpha value is -4.14. The monoisotopic (exact) mass is 505 g/mol. The highest BCUT2D eigenvalue weighted by Gasteiger charge is 2.26. The van der Waals surface area contributed by atoms with Gasteiger partial charge in [0.05, 0.1) is 0 Å². The third-order valence-corrected chi connectivity index (χ3v) is 9.50. The molecule has 1 unspecified atom stereocenters. The minimum Gasteiger partial charge on any atom is -0.381 e. The minimum absolute atomic E-state index is 0.325. The molecule has 2 heteroatoms. The van der Waals surface area contributed by atoms with Crippen LogP contribution in [-0.4, -0.2) is 6.04 Å². The van der Waals surface area contributed by atoms with Crippen molar-refractivity contribution in [3.8, 4) is 11.1 Å². The molecule has 0 aliphatic carbocycles. The number of rotatable bonds is 2. The van der Waals surface area contributed by atoms with Crippen LogP contribution in [0.15, 0.2) is 109 Å². The molecular formula is C36H27NS. The molecule has 0 fully saturated rings. The van der Waals surface area contributed by atoms with E-state index in [0.29, 0.717) is 6.04 Å². The van der Waals surface area contributed by atoms with Gasteiger partial charge in [0.25, 0.3) is 0 Å². The van der Waals surface area contributed by atoms with E-state index in [1.54, 1.807) is 0 Å². The maximum atomic E-state index is 4.01. The van der Waals surface area contributed by atoms with Gasteiger partial charge in [-0.3, -0.25) is 0 Å². The molecule has 1 nitrogen and oxygen atoms in total. The Morgan fingerprint density at radius 3 is 2.16 bits per heavy atom. The van der Waals surface area contributed by atoms with Crippen molar-refractivity contribution >= 4 is 58.7 Å². The maximum Gasteiger partial charge on any atom is 0.0455 e. The smallest absolute Gasteiger partial charge is 0.0455 e. The number of hydrogen-bond donors (Lipinski definition) is 1. The summed E-state index contributed by atoms with van der Waals surface area (Å²) >= 11 is 1.95. The molecule has 1 aliphatic rings. The summed E-state index contributed by atoms with van der Waals surface area (Å²) in [7, 11) is 0. The Labute approximate surface area is 226 Å². The molecule has 0 amide bonds. The van der Waals surface area contributed by atoms with Crippen molar-refractivity contribution in [1.82, 2.24) is 0 Å². The lowest BCUT2D eigenvalue weighted by atomic mass is 9.90. The van der Waals surface area contributed by atoms with Gasteiger partial charge in [0.2, 0.25) is 0 Å². The van der Waals surface area contributed by atoms with Crippen molar-refractivity contribution in [2.45, 2.75) is 25.8 Å².